The molecule has 0 aromatic heterocycles. The number of aliphatic hydroxyl groups is 1. The monoisotopic (exact) mass is 139 g/mol. The summed E-state index contributed by atoms with van der Waals surface area (Å²) in [5.41, 5.74) is 0. The zero-order chi connectivity index (χ0) is 7.14. The molecule has 0 saturated carbocycles. The predicted molar refractivity (Wildman–Crippen MR) is 37.0 cm³/mol. The number of ether oxygens (including phenoxy) is 1. The van der Waals surface area contributed by atoms with Crippen LogP contribution in [0.3, 0.4) is 0 Å². The quantitative estimate of drug-likeness (QED) is 0.409. The van der Waals surface area contributed by atoms with Crippen molar-refractivity contribution in [3.05, 3.63) is 0 Å². The molecule has 2 aliphatic rings. The first-order chi connectivity index (χ1) is 4.79. The first-order valence-electron chi connectivity index (χ1n) is 3.57. The molecule has 4 heteroatoms. The smallest absolute Gasteiger partial charge is 0.0951 e. The van der Waals surface area contributed by atoms with Gasteiger partial charge in [-0.15, -0.1) is 0 Å². The van der Waals surface area contributed by atoms with Gasteiger partial charge in [0.2, 0.25) is 0 Å². The summed E-state index contributed by atoms with van der Waals surface area (Å²) in [5, 5.41) is 12.4. The lowest BCUT2D eigenvalue weighted by Gasteiger charge is -2.11. The van der Waals surface area contributed by atoms with Crippen molar-refractivity contribution in [2.75, 3.05) is 13.2 Å². The van der Waals surface area contributed by atoms with E-state index in [1.807, 2.05) is 0 Å². The van der Waals surface area contributed by atoms with Crippen molar-refractivity contribution in [3.8, 4) is 0 Å². The van der Waals surface area contributed by atoms with Crippen LogP contribution in [0.15, 0.2) is 0 Å². The van der Waals surface area contributed by atoms with Crippen molar-refractivity contribution in [2.45, 2.75) is 24.1 Å². The lowest BCUT2D eigenvalue weighted by molar-refractivity contribution is 0.0878. The van der Waals surface area contributed by atoms with E-state index in [9.17, 15) is 5.11 Å². The Hall–Kier alpha value is -0.0551. The standard InChI is InChI=1S/C6H10BNO2/c7-3-1-8-5-4(9)2-10-6(3)5/h3-6,8-9H,1-2H2/t3-,4-,5+,6+/m0/s1. The highest BCUT2D eigenvalue weighted by atomic mass is 16.5. The van der Waals surface area contributed by atoms with Gasteiger partial charge in [-0.3, -0.25) is 0 Å². The Morgan fingerprint density at radius 2 is 2.40 bits per heavy atom. The van der Waals surface area contributed by atoms with Gasteiger partial charge in [0.1, 0.15) is 0 Å². The highest BCUT2D eigenvalue weighted by Crippen LogP contribution is 2.28. The van der Waals surface area contributed by atoms with Crippen LogP contribution in [0.4, 0.5) is 0 Å². The van der Waals surface area contributed by atoms with Gasteiger partial charge in [-0.2, -0.15) is 0 Å². The molecule has 10 heavy (non-hydrogen) atoms. The normalized spacial score (nSPS) is 53.3. The molecule has 0 amide bonds. The summed E-state index contributed by atoms with van der Waals surface area (Å²) in [6, 6.07) is 0.0787. The van der Waals surface area contributed by atoms with Crippen molar-refractivity contribution in [1.82, 2.24) is 5.32 Å². The van der Waals surface area contributed by atoms with E-state index >= 15 is 0 Å². The van der Waals surface area contributed by atoms with E-state index in [0.717, 1.165) is 6.54 Å². The maximum atomic E-state index is 9.27. The SMILES string of the molecule is [B][C@H]1CN[C@H]2[C@@H]1OC[C@@H]2O. The molecular formula is C6H10BNO2. The van der Waals surface area contributed by atoms with Crippen LogP contribution in [0.25, 0.3) is 0 Å². The van der Waals surface area contributed by atoms with E-state index in [0.29, 0.717) is 6.61 Å². The zero-order valence-electron chi connectivity index (χ0n) is 5.66. The number of hydrogen-bond acceptors (Lipinski definition) is 3. The van der Waals surface area contributed by atoms with E-state index in [2.05, 4.69) is 5.32 Å². The number of nitrogens with one attached hydrogen (secondary N) is 1. The summed E-state index contributed by atoms with van der Waals surface area (Å²) in [6.45, 7) is 1.18. The number of rotatable bonds is 0. The second-order valence-electron chi connectivity index (χ2n) is 2.96. The molecule has 2 N–H and O–H groups in total. The summed E-state index contributed by atoms with van der Waals surface area (Å²) in [5.74, 6) is 0.0575. The maximum Gasteiger partial charge on any atom is 0.0951 e. The fourth-order valence-electron chi connectivity index (χ4n) is 1.67. The molecule has 2 rings (SSSR count). The fraction of sp³-hybridized carbons (Fsp3) is 1.00. The third kappa shape index (κ3) is 0.796. The molecule has 0 spiro atoms. The van der Waals surface area contributed by atoms with E-state index in [4.69, 9.17) is 12.6 Å². The third-order valence-electron chi connectivity index (χ3n) is 2.24. The van der Waals surface area contributed by atoms with Crippen LogP contribution in [-0.2, 0) is 4.74 Å². The lowest BCUT2D eigenvalue weighted by Crippen LogP contribution is -2.36. The fourth-order valence-corrected chi connectivity index (χ4v) is 1.67. The van der Waals surface area contributed by atoms with E-state index in [1.165, 1.54) is 0 Å². The molecule has 2 saturated heterocycles. The minimum absolute atomic E-state index is 0.0370. The lowest BCUT2D eigenvalue weighted by atomic mass is 9.83. The molecular weight excluding hydrogens is 129 g/mol. The number of fused-ring (bicyclic) bond motifs is 1. The third-order valence-corrected chi connectivity index (χ3v) is 2.24. The van der Waals surface area contributed by atoms with Gasteiger partial charge in [0.25, 0.3) is 0 Å². The summed E-state index contributed by atoms with van der Waals surface area (Å²) >= 11 is 0. The van der Waals surface area contributed by atoms with Gasteiger partial charge in [0.15, 0.2) is 0 Å². The first kappa shape index (κ1) is 6.64. The summed E-state index contributed by atoms with van der Waals surface area (Å²) in [4.78, 5) is 0. The van der Waals surface area contributed by atoms with Crippen molar-refractivity contribution < 1.29 is 9.84 Å². The molecule has 4 atom stereocenters. The minimum atomic E-state index is -0.362. The molecule has 3 nitrogen and oxygen atoms in total. The Bertz CT molecular complexity index is 128. The van der Waals surface area contributed by atoms with E-state index in [1.54, 1.807) is 0 Å². The van der Waals surface area contributed by atoms with Gasteiger partial charge in [0, 0.05) is 0 Å². The van der Waals surface area contributed by atoms with Crippen LogP contribution >= 0.6 is 0 Å². The highest BCUT2D eigenvalue weighted by Gasteiger charge is 2.42. The Morgan fingerprint density at radius 1 is 1.60 bits per heavy atom. The largest absolute Gasteiger partial charge is 0.389 e. The Kier molecular flexibility index (Phi) is 1.48. The van der Waals surface area contributed by atoms with Crippen LogP contribution in [0, 0.1) is 0 Å². The molecule has 0 aromatic rings. The molecule has 0 unspecified atom stereocenters. The Balaban J connectivity index is 2.09. The van der Waals surface area contributed by atoms with Crippen LogP contribution in [0.1, 0.15) is 0 Å². The predicted octanol–water partition coefficient (Wildman–Crippen LogP) is -1.33. The molecule has 2 fully saturated rings. The van der Waals surface area contributed by atoms with Gasteiger partial charge < -0.3 is 15.2 Å². The summed E-state index contributed by atoms with van der Waals surface area (Å²) in [7, 11) is 5.68. The summed E-state index contributed by atoms with van der Waals surface area (Å²) < 4.78 is 5.26. The Morgan fingerprint density at radius 3 is 3.10 bits per heavy atom. The topological polar surface area (TPSA) is 41.5 Å². The molecule has 2 aliphatic heterocycles. The molecule has 0 bridgehead atoms. The van der Waals surface area contributed by atoms with Crippen LogP contribution < -0.4 is 5.32 Å². The number of aliphatic hydroxyl groups excluding tert-OH is 1. The molecule has 0 aromatic carbocycles. The molecule has 2 radical (unpaired) electrons. The van der Waals surface area contributed by atoms with Gasteiger partial charge in [0.05, 0.1) is 32.7 Å². The average molecular weight is 139 g/mol. The van der Waals surface area contributed by atoms with Crippen molar-refractivity contribution >= 4 is 7.85 Å². The minimum Gasteiger partial charge on any atom is -0.389 e. The zero-order valence-corrected chi connectivity index (χ0v) is 5.66. The van der Waals surface area contributed by atoms with Crippen LogP contribution in [0.2, 0.25) is 5.82 Å². The molecule has 0 aliphatic carbocycles. The van der Waals surface area contributed by atoms with Crippen molar-refractivity contribution in [3.63, 3.8) is 0 Å². The molecule has 2 heterocycles. The van der Waals surface area contributed by atoms with Crippen LogP contribution in [-0.4, -0.2) is 44.4 Å². The van der Waals surface area contributed by atoms with Gasteiger partial charge in [-0.25, -0.2) is 0 Å². The maximum absolute atomic E-state index is 9.27. The summed E-state index contributed by atoms with van der Waals surface area (Å²) in [6.07, 6.45) is -0.325. The van der Waals surface area contributed by atoms with Gasteiger partial charge in [-0.05, 0) is 12.4 Å². The van der Waals surface area contributed by atoms with Crippen LogP contribution in [0.5, 0.6) is 0 Å². The van der Waals surface area contributed by atoms with E-state index < -0.39 is 0 Å². The second-order valence-corrected chi connectivity index (χ2v) is 2.96. The molecule has 54 valence electrons. The second kappa shape index (κ2) is 2.22. The van der Waals surface area contributed by atoms with Crippen molar-refractivity contribution in [1.29, 1.82) is 0 Å². The number of hydrogen-bond donors (Lipinski definition) is 2. The first-order valence-corrected chi connectivity index (χ1v) is 3.57. The van der Waals surface area contributed by atoms with Gasteiger partial charge in [-0.1, -0.05) is 0 Å². The van der Waals surface area contributed by atoms with Crippen molar-refractivity contribution in [2.24, 2.45) is 0 Å². The average Bonchev–Trinajstić information content (AvgIpc) is 2.41. The Labute approximate surface area is 61.2 Å². The van der Waals surface area contributed by atoms with Gasteiger partial charge >= 0.3 is 0 Å². The van der Waals surface area contributed by atoms with E-state index in [-0.39, 0.29) is 24.1 Å². The highest BCUT2D eigenvalue weighted by molar-refractivity contribution is 6.12.